The van der Waals surface area contributed by atoms with E-state index < -0.39 is 13.2 Å². The Labute approximate surface area is 114 Å². The molecule has 8 heteroatoms. The van der Waals surface area contributed by atoms with Crippen molar-refractivity contribution in [2.24, 2.45) is 0 Å². The fraction of sp³-hybridized carbons (Fsp3) is 0.182. The van der Waals surface area contributed by atoms with Gasteiger partial charge in [-0.3, -0.25) is 14.5 Å². The van der Waals surface area contributed by atoms with Crippen LogP contribution in [0.4, 0.5) is 0 Å². The molecule has 0 fully saturated rings. The van der Waals surface area contributed by atoms with Crippen molar-refractivity contribution in [2.75, 3.05) is 14.2 Å². The number of aromatic amines is 1. The van der Waals surface area contributed by atoms with Gasteiger partial charge in [-0.1, -0.05) is 17.7 Å². The van der Waals surface area contributed by atoms with Crippen LogP contribution in [0, 0.1) is 0 Å². The normalized spacial score (nSPS) is 11.7. The number of H-pyrrole nitrogens is 1. The van der Waals surface area contributed by atoms with Gasteiger partial charge in [-0.25, -0.2) is 4.68 Å². The summed E-state index contributed by atoms with van der Waals surface area (Å²) < 4.78 is 23.0. The van der Waals surface area contributed by atoms with Gasteiger partial charge in [0, 0.05) is 25.4 Å². The zero-order valence-corrected chi connectivity index (χ0v) is 11.9. The molecule has 0 radical (unpaired) electrons. The number of nitrogens with one attached hydrogen (secondary N) is 1. The zero-order valence-electron chi connectivity index (χ0n) is 10.3. The maximum Gasteiger partial charge on any atom is 0.368 e. The number of halogens is 1. The number of hydrogen-bond acceptors (Lipinski definition) is 4. The molecule has 2 rings (SSSR count). The summed E-state index contributed by atoms with van der Waals surface area (Å²) in [4.78, 5) is 12.2. The van der Waals surface area contributed by atoms with Crippen molar-refractivity contribution in [3.8, 4) is 5.69 Å². The average Bonchev–Trinajstić information content (AvgIpc) is 2.80. The zero-order chi connectivity index (χ0) is 14.0. The van der Waals surface area contributed by atoms with Crippen LogP contribution in [0.5, 0.6) is 0 Å². The van der Waals surface area contributed by atoms with Gasteiger partial charge in [0.2, 0.25) is 0 Å². The summed E-state index contributed by atoms with van der Waals surface area (Å²) in [5.41, 5.74) is 0.0248. The highest BCUT2D eigenvalue weighted by molar-refractivity contribution is 7.62. The number of nitrogens with zero attached hydrogens (tertiary/aromatic N) is 1. The van der Waals surface area contributed by atoms with E-state index in [-0.39, 0.29) is 5.30 Å². The van der Waals surface area contributed by atoms with Crippen LogP contribution in [0.2, 0.25) is 5.02 Å². The molecule has 1 aromatic heterocycles. The summed E-state index contributed by atoms with van der Waals surface area (Å²) in [6.45, 7) is 0. The lowest BCUT2D eigenvalue weighted by atomic mass is 10.3. The van der Waals surface area contributed by atoms with E-state index in [2.05, 4.69) is 5.10 Å². The van der Waals surface area contributed by atoms with Crippen LogP contribution in [0.25, 0.3) is 5.69 Å². The Morgan fingerprint density at radius 1 is 1.32 bits per heavy atom. The topological polar surface area (TPSA) is 73.3 Å². The van der Waals surface area contributed by atoms with E-state index in [4.69, 9.17) is 20.6 Å². The van der Waals surface area contributed by atoms with Crippen LogP contribution in [-0.4, -0.2) is 24.0 Å². The predicted molar refractivity (Wildman–Crippen MR) is 72.7 cm³/mol. The minimum atomic E-state index is -3.58. The van der Waals surface area contributed by atoms with Crippen LogP contribution >= 0.6 is 19.2 Å². The molecule has 0 aliphatic heterocycles. The molecule has 0 aliphatic rings. The molecule has 1 N–H and O–H groups in total. The van der Waals surface area contributed by atoms with Gasteiger partial charge in [-0.2, -0.15) is 0 Å². The molecule has 0 bridgehead atoms. The first kappa shape index (κ1) is 14.1. The minimum Gasteiger partial charge on any atom is -0.308 e. The number of aromatic nitrogens is 2. The highest BCUT2D eigenvalue weighted by Gasteiger charge is 2.30. The molecule has 6 nitrogen and oxygen atoms in total. The molecule has 0 atom stereocenters. The molecule has 102 valence electrons. The van der Waals surface area contributed by atoms with Crippen molar-refractivity contribution in [3.05, 3.63) is 45.8 Å². The van der Waals surface area contributed by atoms with E-state index in [9.17, 15) is 9.36 Å². The van der Waals surface area contributed by atoms with Gasteiger partial charge < -0.3 is 9.05 Å². The van der Waals surface area contributed by atoms with Crippen molar-refractivity contribution >= 4 is 24.5 Å². The Morgan fingerprint density at radius 2 is 2.00 bits per heavy atom. The first-order chi connectivity index (χ1) is 9.01. The molecule has 0 saturated heterocycles. The average molecular weight is 303 g/mol. The summed E-state index contributed by atoms with van der Waals surface area (Å²) >= 11 is 5.86. The van der Waals surface area contributed by atoms with Crippen molar-refractivity contribution in [1.82, 2.24) is 9.78 Å². The largest absolute Gasteiger partial charge is 0.368 e. The summed E-state index contributed by atoms with van der Waals surface area (Å²) in [5.74, 6) is 0. The molecule has 0 unspecified atom stereocenters. The van der Waals surface area contributed by atoms with E-state index in [1.54, 1.807) is 24.3 Å². The van der Waals surface area contributed by atoms with Crippen LogP contribution < -0.4 is 10.9 Å². The minimum absolute atomic E-state index is 0.0579. The lowest BCUT2D eigenvalue weighted by molar-refractivity contribution is 0.287. The summed E-state index contributed by atoms with van der Waals surface area (Å²) in [6.07, 6.45) is 1.30. The fourth-order valence-electron chi connectivity index (χ4n) is 1.64. The quantitative estimate of drug-likeness (QED) is 0.876. The third-order valence-corrected chi connectivity index (χ3v) is 4.70. The molecular formula is C11H12ClN2O4P. The third kappa shape index (κ3) is 2.53. The Hall–Kier alpha value is -1.33. The number of hydrogen-bond donors (Lipinski definition) is 1. The summed E-state index contributed by atoms with van der Waals surface area (Å²) in [7, 11) is -1.13. The highest BCUT2D eigenvalue weighted by Crippen LogP contribution is 2.43. The first-order valence-electron chi connectivity index (χ1n) is 5.30. The van der Waals surface area contributed by atoms with Gasteiger partial charge >= 0.3 is 7.60 Å². The van der Waals surface area contributed by atoms with E-state index in [1.807, 2.05) is 0 Å². The van der Waals surface area contributed by atoms with Gasteiger partial charge in [0.25, 0.3) is 5.56 Å². The van der Waals surface area contributed by atoms with Crippen molar-refractivity contribution in [3.63, 3.8) is 0 Å². The van der Waals surface area contributed by atoms with Crippen LogP contribution in [0.15, 0.2) is 35.3 Å². The molecule has 2 aromatic rings. The SMILES string of the molecule is COP(=O)(OC)c1c[nH]n(-c2cccc(Cl)c2)c1=O. The molecule has 0 aliphatic carbocycles. The molecule has 0 amide bonds. The second-order valence-electron chi connectivity index (χ2n) is 3.64. The number of benzene rings is 1. The van der Waals surface area contributed by atoms with Crippen molar-refractivity contribution in [1.29, 1.82) is 0 Å². The molecule has 0 spiro atoms. The molecule has 19 heavy (non-hydrogen) atoms. The van der Waals surface area contributed by atoms with E-state index in [0.29, 0.717) is 10.7 Å². The second-order valence-corrected chi connectivity index (χ2v) is 6.29. The second kappa shape index (κ2) is 5.35. The van der Waals surface area contributed by atoms with E-state index in [0.717, 1.165) is 0 Å². The first-order valence-corrected chi connectivity index (χ1v) is 7.22. The highest BCUT2D eigenvalue weighted by atomic mass is 35.5. The van der Waals surface area contributed by atoms with Gasteiger partial charge in [-0.15, -0.1) is 0 Å². The van der Waals surface area contributed by atoms with Crippen molar-refractivity contribution in [2.45, 2.75) is 0 Å². The lowest BCUT2D eigenvalue weighted by Gasteiger charge is -2.09. The smallest absolute Gasteiger partial charge is 0.308 e. The Morgan fingerprint density at radius 3 is 2.58 bits per heavy atom. The molecular weight excluding hydrogens is 291 g/mol. The van der Waals surface area contributed by atoms with E-state index in [1.165, 1.54) is 25.1 Å². The molecule has 1 aromatic carbocycles. The maximum absolute atomic E-state index is 12.2. The predicted octanol–water partition coefficient (Wildman–Crippen LogP) is 1.93. The van der Waals surface area contributed by atoms with Crippen LogP contribution in [-0.2, 0) is 13.6 Å². The Bertz CT molecular complexity index is 686. The fourth-order valence-corrected chi connectivity index (χ4v) is 2.91. The van der Waals surface area contributed by atoms with E-state index >= 15 is 0 Å². The monoisotopic (exact) mass is 302 g/mol. The Kier molecular flexibility index (Phi) is 3.96. The van der Waals surface area contributed by atoms with Gasteiger partial charge in [0.15, 0.2) is 0 Å². The molecule has 0 saturated carbocycles. The number of rotatable bonds is 4. The molecule has 1 heterocycles. The lowest BCUT2D eigenvalue weighted by Crippen LogP contribution is -2.28. The van der Waals surface area contributed by atoms with Crippen LogP contribution in [0.1, 0.15) is 0 Å². The van der Waals surface area contributed by atoms with Gasteiger partial charge in [0.1, 0.15) is 5.30 Å². The summed E-state index contributed by atoms with van der Waals surface area (Å²) in [5, 5.41) is 3.14. The standard InChI is InChI=1S/C11H12ClN2O4P/c1-17-19(16,18-2)10-7-13-14(11(10)15)9-5-3-4-8(12)6-9/h3-7,13H,1-2H3. The van der Waals surface area contributed by atoms with Crippen molar-refractivity contribution < 1.29 is 13.6 Å². The maximum atomic E-state index is 12.2. The Balaban J connectivity index is 2.56. The van der Waals surface area contributed by atoms with Gasteiger partial charge in [0.05, 0.1) is 5.69 Å². The van der Waals surface area contributed by atoms with Crippen LogP contribution in [0.3, 0.4) is 0 Å². The summed E-state index contributed by atoms with van der Waals surface area (Å²) in [6, 6.07) is 6.69. The third-order valence-electron chi connectivity index (χ3n) is 2.59. The van der Waals surface area contributed by atoms with Gasteiger partial charge in [-0.05, 0) is 18.2 Å².